The summed E-state index contributed by atoms with van der Waals surface area (Å²) in [7, 11) is 0. The molecule has 0 aliphatic carbocycles. The molecular weight excluding hydrogens is 424 g/mol. The number of fused-ring (bicyclic) bond motifs is 1. The van der Waals surface area contributed by atoms with Gasteiger partial charge in [-0.05, 0) is 44.0 Å². The van der Waals surface area contributed by atoms with Crippen molar-refractivity contribution in [2.24, 2.45) is 4.99 Å². The maximum absolute atomic E-state index is 13.0. The lowest BCUT2D eigenvalue weighted by molar-refractivity contribution is -0.143. The molecule has 2 aliphatic rings. The summed E-state index contributed by atoms with van der Waals surface area (Å²) in [6.07, 6.45) is 0.137. The summed E-state index contributed by atoms with van der Waals surface area (Å²) in [6.45, 7) is 5.88. The molecule has 32 heavy (non-hydrogen) atoms. The average Bonchev–Trinajstić information content (AvgIpc) is 2.77. The van der Waals surface area contributed by atoms with E-state index in [1.54, 1.807) is 25.7 Å². The van der Waals surface area contributed by atoms with Crippen LogP contribution in [0.4, 0.5) is 0 Å². The third kappa shape index (κ3) is 4.72. The van der Waals surface area contributed by atoms with E-state index in [4.69, 9.17) is 9.47 Å². The number of ether oxygens (including phenoxy) is 2. The number of amidine groups is 1. The molecule has 1 amide bonds. The van der Waals surface area contributed by atoms with Gasteiger partial charge in [0.25, 0.3) is 0 Å². The number of thioether (sulfide) groups is 1. The Balaban J connectivity index is 1.64. The molecule has 1 atom stereocenters. The van der Waals surface area contributed by atoms with Gasteiger partial charge >= 0.3 is 5.97 Å². The Hall–Kier alpha value is -3.06. The summed E-state index contributed by atoms with van der Waals surface area (Å²) in [5, 5.41) is 0.634. The topological polar surface area (TPSA) is 68.2 Å². The summed E-state index contributed by atoms with van der Waals surface area (Å²) in [5.41, 5.74) is 2.88. The third-order valence-corrected chi connectivity index (χ3v) is 6.17. The highest BCUT2D eigenvalue weighted by molar-refractivity contribution is 8.14. The first-order valence-corrected chi connectivity index (χ1v) is 11.6. The van der Waals surface area contributed by atoms with Gasteiger partial charge in [-0.25, -0.2) is 9.79 Å². The van der Waals surface area contributed by atoms with Crippen LogP contribution >= 0.6 is 11.8 Å². The van der Waals surface area contributed by atoms with E-state index >= 15 is 0 Å². The second-order valence-corrected chi connectivity index (χ2v) is 9.02. The zero-order chi connectivity index (χ0) is 22.7. The molecule has 166 valence electrons. The number of rotatable bonds is 6. The first kappa shape index (κ1) is 22.1. The Kier molecular flexibility index (Phi) is 6.65. The van der Waals surface area contributed by atoms with Gasteiger partial charge in [0.2, 0.25) is 5.91 Å². The second kappa shape index (κ2) is 9.61. The zero-order valence-electron chi connectivity index (χ0n) is 18.4. The minimum atomic E-state index is -0.572. The molecule has 0 N–H and O–H groups in total. The van der Waals surface area contributed by atoms with Crippen molar-refractivity contribution in [2.45, 2.75) is 45.9 Å². The van der Waals surface area contributed by atoms with Crippen LogP contribution < -0.4 is 4.74 Å². The number of hydrogen-bond donors (Lipinski definition) is 0. The SMILES string of the molecule is CC1=C(C(=O)OC(C)C)[C@H](c2ccc(OCc3ccccc3)cc2)N2C(=O)CCSC2=N1. The van der Waals surface area contributed by atoms with Crippen molar-refractivity contribution in [1.82, 2.24) is 4.90 Å². The van der Waals surface area contributed by atoms with Crippen molar-refractivity contribution in [2.75, 3.05) is 5.75 Å². The van der Waals surface area contributed by atoms with Gasteiger partial charge in [-0.2, -0.15) is 0 Å². The van der Waals surface area contributed by atoms with Crippen LogP contribution in [-0.4, -0.2) is 33.8 Å². The van der Waals surface area contributed by atoms with Gasteiger partial charge in [0.1, 0.15) is 12.4 Å². The standard InChI is InChI=1S/C25H26N2O4S/c1-16(2)31-24(29)22-17(3)26-25-27(21(28)13-14-32-25)23(22)19-9-11-20(12-10-19)30-15-18-7-5-4-6-8-18/h4-12,16,23H,13-15H2,1-3H3/t23-/m0/s1. The molecule has 2 heterocycles. The molecule has 0 aromatic heterocycles. The van der Waals surface area contributed by atoms with Crippen molar-refractivity contribution in [3.8, 4) is 5.75 Å². The molecule has 0 bridgehead atoms. The van der Waals surface area contributed by atoms with Crippen molar-refractivity contribution in [3.63, 3.8) is 0 Å². The van der Waals surface area contributed by atoms with Gasteiger partial charge in [-0.3, -0.25) is 9.69 Å². The Labute approximate surface area is 192 Å². The number of esters is 1. The van der Waals surface area contributed by atoms with Crippen molar-refractivity contribution >= 4 is 28.8 Å². The van der Waals surface area contributed by atoms with Crippen molar-refractivity contribution in [3.05, 3.63) is 77.0 Å². The molecule has 1 saturated heterocycles. The van der Waals surface area contributed by atoms with Crippen molar-refractivity contribution < 1.29 is 19.1 Å². The molecule has 0 saturated carbocycles. The van der Waals surface area contributed by atoms with Gasteiger partial charge in [0.05, 0.1) is 23.4 Å². The number of amides is 1. The van der Waals surface area contributed by atoms with Crippen LogP contribution in [0, 0.1) is 0 Å². The number of nitrogens with zero attached hydrogens (tertiary/aromatic N) is 2. The zero-order valence-corrected chi connectivity index (χ0v) is 19.2. The van der Waals surface area contributed by atoms with Crippen LogP contribution in [0.1, 0.15) is 44.4 Å². The first-order chi connectivity index (χ1) is 15.4. The smallest absolute Gasteiger partial charge is 0.338 e. The Bertz CT molecular complexity index is 1060. The quantitative estimate of drug-likeness (QED) is 0.588. The maximum Gasteiger partial charge on any atom is 0.338 e. The normalized spacial score (nSPS) is 18.4. The fourth-order valence-electron chi connectivity index (χ4n) is 3.74. The van der Waals surface area contributed by atoms with Crippen LogP contribution in [0.2, 0.25) is 0 Å². The highest BCUT2D eigenvalue weighted by atomic mass is 32.2. The minimum Gasteiger partial charge on any atom is -0.489 e. The van der Waals surface area contributed by atoms with Crippen LogP contribution in [0.15, 0.2) is 70.9 Å². The Morgan fingerprint density at radius 1 is 1.16 bits per heavy atom. The molecule has 2 aromatic carbocycles. The average molecular weight is 451 g/mol. The molecule has 0 unspecified atom stereocenters. The summed E-state index contributed by atoms with van der Waals surface area (Å²) in [5.74, 6) is 0.914. The molecule has 2 aliphatic heterocycles. The number of aliphatic imine (C=N–C) groups is 1. The predicted molar refractivity (Wildman–Crippen MR) is 125 cm³/mol. The van der Waals surface area contributed by atoms with E-state index in [0.29, 0.717) is 41.0 Å². The van der Waals surface area contributed by atoms with Crippen LogP contribution in [0.25, 0.3) is 0 Å². The van der Waals surface area contributed by atoms with Gasteiger partial charge in [0, 0.05) is 12.2 Å². The number of benzene rings is 2. The third-order valence-electron chi connectivity index (χ3n) is 5.21. The van der Waals surface area contributed by atoms with Crippen LogP contribution in [0.5, 0.6) is 5.75 Å². The van der Waals surface area contributed by atoms with Gasteiger partial charge in [0.15, 0.2) is 5.17 Å². The fourth-order valence-corrected chi connectivity index (χ4v) is 4.74. The van der Waals surface area contributed by atoms with E-state index in [1.165, 1.54) is 11.8 Å². The first-order valence-electron chi connectivity index (χ1n) is 10.7. The largest absolute Gasteiger partial charge is 0.489 e. The lowest BCUT2D eigenvalue weighted by atomic mass is 9.94. The second-order valence-electron chi connectivity index (χ2n) is 7.96. The van der Waals surface area contributed by atoms with Gasteiger partial charge in [-0.1, -0.05) is 54.2 Å². The maximum atomic E-state index is 13.0. The minimum absolute atomic E-state index is 0.0424. The number of allylic oxidation sites excluding steroid dienone is 1. The summed E-state index contributed by atoms with van der Waals surface area (Å²) >= 11 is 1.53. The fraction of sp³-hybridized carbons (Fsp3) is 0.320. The molecular formula is C25H26N2O4S. The number of hydrogen-bond acceptors (Lipinski definition) is 6. The van der Waals surface area contributed by atoms with Crippen LogP contribution in [-0.2, 0) is 20.9 Å². The monoisotopic (exact) mass is 450 g/mol. The number of carbonyl (C=O) groups is 2. The highest BCUT2D eigenvalue weighted by Gasteiger charge is 2.41. The summed E-state index contributed by atoms with van der Waals surface area (Å²) < 4.78 is 11.4. The molecule has 6 nitrogen and oxygen atoms in total. The molecule has 0 spiro atoms. The van der Waals surface area contributed by atoms with E-state index in [9.17, 15) is 9.59 Å². The van der Waals surface area contributed by atoms with Gasteiger partial charge in [-0.15, -0.1) is 0 Å². The lowest BCUT2D eigenvalue weighted by Gasteiger charge is -2.39. The highest BCUT2D eigenvalue weighted by Crippen LogP contribution is 2.40. The summed E-state index contributed by atoms with van der Waals surface area (Å²) in [4.78, 5) is 32.1. The molecule has 7 heteroatoms. The Morgan fingerprint density at radius 3 is 2.56 bits per heavy atom. The van der Waals surface area contributed by atoms with Crippen LogP contribution in [0.3, 0.4) is 0 Å². The van der Waals surface area contributed by atoms with Gasteiger partial charge < -0.3 is 9.47 Å². The van der Waals surface area contributed by atoms with E-state index in [2.05, 4.69) is 4.99 Å². The van der Waals surface area contributed by atoms with E-state index in [-0.39, 0.29) is 12.0 Å². The predicted octanol–water partition coefficient (Wildman–Crippen LogP) is 4.87. The van der Waals surface area contributed by atoms with E-state index in [0.717, 1.165) is 11.1 Å². The number of carbonyl (C=O) groups excluding carboxylic acids is 2. The lowest BCUT2D eigenvalue weighted by Crippen LogP contribution is -2.46. The molecule has 4 rings (SSSR count). The molecule has 0 radical (unpaired) electrons. The van der Waals surface area contributed by atoms with Crippen molar-refractivity contribution in [1.29, 1.82) is 0 Å². The molecule has 2 aromatic rings. The van der Waals surface area contributed by atoms with E-state index < -0.39 is 12.0 Å². The van der Waals surface area contributed by atoms with E-state index in [1.807, 2.05) is 54.6 Å². The Morgan fingerprint density at radius 2 is 1.88 bits per heavy atom. The summed E-state index contributed by atoms with van der Waals surface area (Å²) in [6, 6.07) is 16.9. The molecule has 1 fully saturated rings.